The number of halogens is 1. The van der Waals surface area contributed by atoms with Crippen molar-refractivity contribution in [1.82, 2.24) is 0 Å². The van der Waals surface area contributed by atoms with Gasteiger partial charge in [0.1, 0.15) is 5.82 Å². The van der Waals surface area contributed by atoms with Gasteiger partial charge in [0.15, 0.2) is 0 Å². The number of carboxylic acid groups (broad SMARTS) is 1. The van der Waals surface area contributed by atoms with Crippen LogP contribution in [0.15, 0.2) is 48.5 Å². The molecule has 2 aromatic rings. The first-order valence-electron chi connectivity index (χ1n) is 6.85. The molecule has 0 aliphatic rings. The normalized spacial score (nSPS) is 11.7. The summed E-state index contributed by atoms with van der Waals surface area (Å²) in [6, 6.07) is 12.4. The first-order valence-corrected chi connectivity index (χ1v) is 6.85. The first kappa shape index (κ1) is 15.7. The molecule has 0 aliphatic carbocycles. The molecule has 114 valence electrons. The molecule has 1 atom stereocenters. The summed E-state index contributed by atoms with van der Waals surface area (Å²) in [5.74, 6) is -2.30. The van der Waals surface area contributed by atoms with Crippen molar-refractivity contribution in [3.05, 3.63) is 65.5 Å². The zero-order valence-electron chi connectivity index (χ0n) is 12.0. The molecular weight excluding hydrogens is 285 g/mol. The molecule has 0 spiro atoms. The third-order valence-electron chi connectivity index (χ3n) is 3.35. The molecule has 0 aliphatic heterocycles. The molecule has 0 aromatic heterocycles. The second kappa shape index (κ2) is 6.85. The molecule has 2 rings (SSSR count). The van der Waals surface area contributed by atoms with Gasteiger partial charge in [0, 0.05) is 5.92 Å². The maximum absolute atomic E-state index is 13.6. The minimum Gasteiger partial charge on any atom is -0.478 e. The molecule has 2 N–H and O–H groups in total. The smallest absolute Gasteiger partial charge is 0.337 e. The van der Waals surface area contributed by atoms with Crippen molar-refractivity contribution < 1.29 is 19.1 Å². The number of benzene rings is 2. The van der Waals surface area contributed by atoms with Gasteiger partial charge in [-0.2, -0.15) is 0 Å². The van der Waals surface area contributed by atoms with E-state index in [4.69, 9.17) is 5.11 Å². The molecule has 4 nitrogen and oxygen atoms in total. The molecule has 1 amide bonds. The van der Waals surface area contributed by atoms with Crippen LogP contribution in [0.1, 0.15) is 22.8 Å². The number of carboxylic acids is 1. The predicted octanol–water partition coefficient (Wildman–Crippen LogP) is 3.34. The second-order valence-electron chi connectivity index (χ2n) is 5.04. The van der Waals surface area contributed by atoms with Crippen LogP contribution in [0.25, 0.3) is 0 Å². The maximum Gasteiger partial charge on any atom is 0.337 e. The van der Waals surface area contributed by atoms with E-state index in [9.17, 15) is 14.0 Å². The third-order valence-corrected chi connectivity index (χ3v) is 3.35. The summed E-state index contributed by atoms with van der Waals surface area (Å²) in [6.45, 7) is 1.67. The number of anilines is 1. The summed E-state index contributed by atoms with van der Waals surface area (Å²) in [7, 11) is 0. The topological polar surface area (TPSA) is 66.4 Å². The van der Waals surface area contributed by atoms with Gasteiger partial charge in [0.05, 0.1) is 11.3 Å². The summed E-state index contributed by atoms with van der Waals surface area (Å²) in [5.41, 5.74) is 0.714. The highest BCUT2D eigenvalue weighted by atomic mass is 19.1. The number of rotatable bonds is 5. The molecule has 2 aromatic carbocycles. The van der Waals surface area contributed by atoms with Gasteiger partial charge in [-0.3, -0.25) is 4.79 Å². The standard InChI is InChI=1S/C17H16FNO3/c1-11(10-12-6-2-4-8-14(12)18)16(20)19-15-9-5-3-7-13(15)17(21)22/h2-9,11H,10H2,1H3,(H,19,20)(H,21,22). The van der Waals surface area contributed by atoms with E-state index in [1.54, 1.807) is 37.3 Å². The van der Waals surface area contributed by atoms with Gasteiger partial charge in [-0.15, -0.1) is 0 Å². The van der Waals surface area contributed by atoms with Crippen molar-refractivity contribution >= 4 is 17.6 Å². The monoisotopic (exact) mass is 301 g/mol. The van der Waals surface area contributed by atoms with Crippen LogP contribution in [-0.4, -0.2) is 17.0 Å². The van der Waals surface area contributed by atoms with Crippen LogP contribution in [0.5, 0.6) is 0 Å². The lowest BCUT2D eigenvalue weighted by molar-refractivity contribution is -0.119. The Morgan fingerprint density at radius 1 is 1.14 bits per heavy atom. The summed E-state index contributed by atoms with van der Waals surface area (Å²) in [4.78, 5) is 23.3. The summed E-state index contributed by atoms with van der Waals surface area (Å²) < 4.78 is 13.6. The number of aromatic carboxylic acids is 1. The average Bonchev–Trinajstić information content (AvgIpc) is 2.49. The van der Waals surface area contributed by atoms with E-state index >= 15 is 0 Å². The molecule has 0 radical (unpaired) electrons. The van der Waals surface area contributed by atoms with Crippen LogP contribution >= 0.6 is 0 Å². The number of para-hydroxylation sites is 1. The molecule has 0 bridgehead atoms. The largest absolute Gasteiger partial charge is 0.478 e. The van der Waals surface area contributed by atoms with Crippen LogP contribution in [0.2, 0.25) is 0 Å². The number of nitrogens with one attached hydrogen (secondary N) is 1. The van der Waals surface area contributed by atoms with Crippen LogP contribution in [0, 0.1) is 11.7 Å². The first-order chi connectivity index (χ1) is 10.5. The van der Waals surface area contributed by atoms with E-state index < -0.39 is 11.9 Å². The highest BCUT2D eigenvalue weighted by molar-refractivity contribution is 6.01. The molecule has 22 heavy (non-hydrogen) atoms. The Bertz CT molecular complexity index is 700. The van der Waals surface area contributed by atoms with Crippen LogP contribution in [0.4, 0.5) is 10.1 Å². The number of carbonyl (C=O) groups is 2. The lowest BCUT2D eigenvalue weighted by atomic mass is 9.99. The Morgan fingerprint density at radius 2 is 1.77 bits per heavy atom. The van der Waals surface area contributed by atoms with Gasteiger partial charge in [-0.1, -0.05) is 37.3 Å². The van der Waals surface area contributed by atoms with Gasteiger partial charge in [-0.05, 0) is 30.2 Å². The predicted molar refractivity (Wildman–Crippen MR) is 81.3 cm³/mol. The van der Waals surface area contributed by atoms with Gasteiger partial charge >= 0.3 is 5.97 Å². The van der Waals surface area contributed by atoms with Gasteiger partial charge in [0.25, 0.3) is 0 Å². The second-order valence-corrected chi connectivity index (χ2v) is 5.04. The van der Waals surface area contributed by atoms with Crippen molar-refractivity contribution in [2.24, 2.45) is 5.92 Å². The Labute approximate surface area is 127 Å². The average molecular weight is 301 g/mol. The molecule has 1 unspecified atom stereocenters. The zero-order chi connectivity index (χ0) is 16.1. The van der Waals surface area contributed by atoms with E-state index in [0.717, 1.165) is 0 Å². The number of amides is 1. The zero-order valence-corrected chi connectivity index (χ0v) is 12.0. The molecule has 0 fully saturated rings. The lowest BCUT2D eigenvalue weighted by Crippen LogP contribution is -2.23. The lowest BCUT2D eigenvalue weighted by Gasteiger charge is -2.14. The van der Waals surface area contributed by atoms with E-state index in [1.165, 1.54) is 18.2 Å². The van der Waals surface area contributed by atoms with Crippen LogP contribution < -0.4 is 5.32 Å². The van der Waals surface area contributed by atoms with Crippen molar-refractivity contribution in [1.29, 1.82) is 0 Å². The Balaban J connectivity index is 2.09. The van der Waals surface area contributed by atoms with E-state index in [0.29, 0.717) is 5.56 Å². The Hall–Kier alpha value is -2.69. The van der Waals surface area contributed by atoms with Crippen molar-refractivity contribution in [2.75, 3.05) is 5.32 Å². The van der Waals surface area contributed by atoms with Crippen molar-refractivity contribution in [3.8, 4) is 0 Å². The fraction of sp³-hybridized carbons (Fsp3) is 0.176. The van der Waals surface area contributed by atoms with Crippen molar-refractivity contribution in [2.45, 2.75) is 13.3 Å². The van der Waals surface area contributed by atoms with Crippen LogP contribution in [-0.2, 0) is 11.2 Å². The van der Waals surface area contributed by atoms with Gasteiger partial charge < -0.3 is 10.4 Å². The van der Waals surface area contributed by atoms with E-state index in [2.05, 4.69) is 5.32 Å². The Kier molecular flexibility index (Phi) is 4.88. The third kappa shape index (κ3) is 3.69. The van der Waals surface area contributed by atoms with Crippen molar-refractivity contribution in [3.63, 3.8) is 0 Å². The number of hydrogen-bond donors (Lipinski definition) is 2. The molecular formula is C17H16FNO3. The fourth-order valence-electron chi connectivity index (χ4n) is 2.12. The minimum absolute atomic E-state index is 0.0222. The van der Waals surface area contributed by atoms with E-state index in [-0.39, 0.29) is 29.4 Å². The SMILES string of the molecule is CC(Cc1ccccc1F)C(=O)Nc1ccccc1C(=O)O. The summed E-state index contributed by atoms with van der Waals surface area (Å²) in [5, 5.41) is 11.7. The molecule has 0 heterocycles. The highest BCUT2D eigenvalue weighted by Crippen LogP contribution is 2.18. The van der Waals surface area contributed by atoms with E-state index in [1.807, 2.05) is 0 Å². The number of carbonyl (C=O) groups excluding carboxylic acids is 1. The fourth-order valence-corrected chi connectivity index (χ4v) is 2.12. The molecule has 0 saturated carbocycles. The highest BCUT2D eigenvalue weighted by Gasteiger charge is 2.18. The number of hydrogen-bond acceptors (Lipinski definition) is 2. The maximum atomic E-state index is 13.6. The molecule has 5 heteroatoms. The summed E-state index contributed by atoms with van der Waals surface area (Å²) >= 11 is 0. The van der Waals surface area contributed by atoms with Crippen LogP contribution in [0.3, 0.4) is 0 Å². The summed E-state index contributed by atoms with van der Waals surface area (Å²) in [6.07, 6.45) is 0.244. The quantitative estimate of drug-likeness (QED) is 0.890. The minimum atomic E-state index is -1.11. The molecule has 0 saturated heterocycles. The Morgan fingerprint density at radius 3 is 2.45 bits per heavy atom. The van der Waals surface area contributed by atoms with Gasteiger partial charge in [0.2, 0.25) is 5.91 Å². The van der Waals surface area contributed by atoms with Gasteiger partial charge in [-0.25, -0.2) is 9.18 Å².